The molecule has 32 heavy (non-hydrogen) atoms. The smallest absolute Gasteiger partial charge is 0.265 e. The average Bonchev–Trinajstić information content (AvgIpc) is 3.30. The predicted octanol–water partition coefficient (Wildman–Crippen LogP) is 5.57. The molecule has 2 unspecified atom stereocenters. The van der Waals surface area contributed by atoms with E-state index < -0.39 is 10.6 Å². The van der Waals surface area contributed by atoms with Crippen LogP contribution >= 0.6 is 35.7 Å². The number of hydrogen-bond acceptors (Lipinski definition) is 5. The molecule has 2 aliphatic heterocycles. The zero-order valence-electron chi connectivity index (χ0n) is 16.8. The number of nitrogens with zero attached hydrogens (tertiary/aromatic N) is 2. The van der Waals surface area contributed by atoms with Gasteiger partial charge in [-0.2, -0.15) is 0 Å². The summed E-state index contributed by atoms with van der Waals surface area (Å²) in [6.45, 7) is 0. The number of benzene rings is 3. The van der Waals surface area contributed by atoms with Gasteiger partial charge in [-0.15, -0.1) is 0 Å². The molecule has 2 saturated heterocycles. The van der Waals surface area contributed by atoms with Gasteiger partial charge in [0.05, 0.1) is 10.6 Å². The first kappa shape index (κ1) is 21.0. The van der Waals surface area contributed by atoms with Crippen molar-refractivity contribution in [3.63, 3.8) is 0 Å². The summed E-state index contributed by atoms with van der Waals surface area (Å²) < 4.78 is 0.507. The molecule has 0 aromatic heterocycles. The standard InChI is InChI=1S/C25H18N2O2S3/c28-22-20(16-17-10-4-1-5-11-17)31-24(26(22)18-12-6-2-7-13-18)21-23(29)27(25(30)32-21)19-14-8-3-9-15-19/h1-16,21,24H. The molecule has 5 rings (SSSR count). The molecule has 2 heterocycles. The van der Waals surface area contributed by atoms with E-state index in [4.69, 9.17) is 12.2 Å². The van der Waals surface area contributed by atoms with Gasteiger partial charge in [0.15, 0.2) is 0 Å². The van der Waals surface area contributed by atoms with Crippen molar-refractivity contribution in [2.45, 2.75) is 10.6 Å². The Morgan fingerprint density at radius 3 is 1.94 bits per heavy atom. The van der Waals surface area contributed by atoms with E-state index in [0.717, 1.165) is 16.9 Å². The van der Waals surface area contributed by atoms with Gasteiger partial charge in [-0.3, -0.25) is 19.4 Å². The number of anilines is 2. The lowest BCUT2D eigenvalue weighted by molar-refractivity contribution is -0.117. The molecule has 0 radical (unpaired) electrons. The van der Waals surface area contributed by atoms with Crippen molar-refractivity contribution < 1.29 is 9.59 Å². The van der Waals surface area contributed by atoms with Gasteiger partial charge in [-0.25, -0.2) is 0 Å². The van der Waals surface area contributed by atoms with Crippen LogP contribution in [-0.4, -0.2) is 26.8 Å². The predicted molar refractivity (Wildman–Crippen MR) is 138 cm³/mol. The summed E-state index contributed by atoms with van der Waals surface area (Å²) in [7, 11) is 0. The van der Waals surface area contributed by atoms with E-state index in [9.17, 15) is 9.59 Å². The molecule has 2 fully saturated rings. The first-order valence-electron chi connectivity index (χ1n) is 10.0. The third-order valence-electron chi connectivity index (χ3n) is 5.21. The maximum atomic E-state index is 13.5. The Morgan fingerprint density at radius 1 is 0.750 bits per heavy atom. The second-order valence-corrected chi connectivity index (χ2v) is 10.2. The fourth-order valence-corrected chi connectivity index (χ4v) is 6.76. The van der Waals surface area contributed by atoms with Gasteiger partial charge in [-0.1, -0.05) is 102 Å². The van der Waals surface area contributed by atoms with Crippen molar-refractivity contribution in [2.24, 2.45) is 0 Å². The molecule has 4 nitrogen and oxygen atoms in total. The summed E-state index contributed by atoms with van der Waals surface area (Å²) in [5.74, 6) is -0.203. The van der Waals surface area contributed by atoms with Gasteiger partial charge in [0.25, 0.3) is 5.91 Å². The average molecular weight is 475 g/mol. The van der Waals surface area contributed by atoms with Gasteiger partial charge in [0.2, 0.25) is 5.91 Å². The quantitative estimate of drug-likeness (QED) is 0.365. The lowest BCUT2D eigenvalue weighted by Crippen LogP contribution is -2.43. The summed E-state index contributed by atoms with van der Waals surface area (Å²) in [6, 6.07) is 28.7. The number of carbonyl (C=O) groups is 2. The summed E-state index contributed by atoms with van der Waals surface area (Å²) in [5, 5.41) is -0.900. The summed E-state index contributed by atoms with van der Waals surface area (Å²) >= 11 is 8.35. The van der Waals surface area contributed by atoms with E-state index in [1.165, 1.54) is 23.5 Å². The normalized spacial score (nSPS) is 22.2. The second kappa shape index (κ2) is 8.94. The Hall–Kier alpha value is -2.87. The van der Waals surface area contributed by atoms with Crippen molar-refractivity contribution in [2.75, 3.05) is 9.80 Å². The molecule has 2 aliphatic rings. The Kier molecular flexibility index (Phi) is 5.87. The van der Waals surface area contributed by atoms with Crippen LogP contribution in [-0.2, 0) is 9.59 Å². The molecule has 2 atom stereocenters. The third kappa shape index (κ3) is 3.88. The van der Waals surface area contributed by atoms with Crippen molar-refractivity contribution >= 4 is 69.3 Å². The van der Waals surface area contributed by atoms with Crippen LogP contribution in [0.3, 0.4) is 0 Å². The maximum absolute atomic E-state index is 13.5. The van der Waals surface area contributed by atoms with Crippen molar-refractivity contribution in [1.29, 1.82) is 0 Å². The molecular formula is C25H18N2O2S3. The Bertz CT molecular complexity index is 1200. The number of rotatable bonds is 4. The zero-order chi connectivity index (χ0) is 22.1. The number of thioether (sulfide) groups is 2. The van der Waals surface area contributed by atoms with Crippen LogP contribution in [0.4, 0.5) is 11.4 Å². The van der Waals surface area contributed by atoms with E-state index in [1.807, 2.05) is 97.1 Å². The molecule has 0 N–H and O–H groups in total. The van der Waals surface area contributed by atoms with Gasteiger partial charge in [0.1, 0.15) is 14.9 Å². The molecule has 0 aliphatic carbocycles. The second-order valence-electron chi connectivity index (χ2n) is 7.25. The minimum Gasteiger partial charge on any atom is -0.293 e. The van der Waals surface area contributed by atoms with Gasteiger partial charge >= 0.3 is 0 Å². The van der Waals surface area contributed by atoms with Crippen LogP contribution in [0.25, 0.3) is 6.08 Å². The monoisotopic (exact) mass is 474 g/mol. The minimum absolute atomic E-state index is 0.0987. The van der Waals surface area contributed by atoms with Crippen molar-refractivity contribution in [1.82, 2.24) is 0 Å². The highest BCUT2D eigenvalue weighted by atomic mass is 32.2. The lowest BCUT2D eigenvalue weighted by atomic mass is 10.2. The molecule has 0 saturated carbocycles. The van der Waals surface area contributed by atoms with Gasteiger partial charge in [0, 0.05) is 5.69 Å². The van der Waals surface area contributed by atoms with Gasteiger partial charge in [-0.05, 0) is 35.9 Å². The van der Waals surface area contributed by atoms with Gasteiger partial charge < -0.3 is 0 Å². The molecule has 7 heteroatoms. The van der Waals surface area contributed by atoms with E-state index in [0.29, 0.717) is 9.23 Å². The van der Waals surface area contributed by atoms with Crippen LogP contribution < -0.4 is 9.80 Å². The third-order valence-corrected chi connectivity index (χ3v) is 8.22. The molecule has 3 aromatic carbocycles. The van der Waals surface area contributed by atoms with Crippen LogP contribution in [0.15, 0.2) is 95.9 Å². The maximum Gasteiger partial charge on any atom is 0.265 e. The Balaban J connectivity index is 1.52. The van der Waals surface area contributed by atoms with Crippen LogP contribution in [0.2, 0.25) is 0 Å². The number of amides is 2. The summed E-state index contributed by atoms with van der Waals surface area (Å²) in [5.41, 5.74) is 2.46. The number of thiocarbonyl (C=S) groups is 1. The fourth-order valence-electron chi connectivity index (χ4n) is 3.73. The number of para-hydroxylation sites is 2. The molecule has 158 valence electrons. The SMILES string of the molecule is O=C1C(C2SC(=Cc3ccccc3)C(=O)N2c2ccccc2)SC(=S)N1c1ccccc1. The fraction of sp³-hybridized carbons (Fsp3) is 0.0800. The van der Waals surface area contributed by atoms with Crippen LogP contribution in [0, 0.1) is 0 Å². The van der Waals surface area contributed by atoms with Crippen molar-refractivity contribution in [3.05, 3.63) is 101 Å². The number of hydrogen-bond donors (Lipinski definition) is 0. The molecule has 0 spiro atoms. The van der Waals surface area contributed by atoms with E-state index in [2.05, 4.69) is 0 Å². The summed E-state index contributed by atoms with van der Waals surface area (Å²) in [6.07, 6.45) is 1.89. The minimum atomic E-state index is -0.501. The lowest BCUT2D eigenvalue weighted by Gasteiger charge is -2.26. The van der Waals surface area contributed by atoms with E-state index in [-0.39, 0.29) is 11.8 Å². The highest BCUT2D eigenvalue weighted by molar-refractivity contribution is 8.25. The molecule has 0 bridgehead atoms. The van der Waals surface area contributed by atoms with Crippen LogP contribution in [0.1, 0.15) is 5.56 Å². The Labute approximate surface area is 200 Å². The first-order chi connectivity index (χ1) is 15.6. The highest BCUT2D eigenvalue weighted by Gasteiger charge is 2.50. The Morgan fingerprint density at radius 2 is 1.31 bits per heavy atom. The molecule has 2 amide bonds. The summed E-state index contributed by atoms with van der Waals surface area (Å²) in [4.78, 5) is 30.9. The molecular weight excluding hydrogens is 456 g/mol. The first-order valence-corrected chi connectivity index (χ1v) is 12.2. The van der Waals surface area contributed by atoms with E-state index in [1.54, 1.807) is 9.80 Å². The highest BCUT2D eigenvalue weighted by Crippen LogP contribution is 2.47. The van der Waals surface area contributed by atoms with E-state index >= 15 is 0 Å². The largest absolute Gasteiger partial charge is 0.293 e. The topological polar surface area (TPSA) is 40.6 Å². The van der Waals surface area contributed by atoms with Crippen LogP contribution in [0.5, 0.6) is 0 Å². The zero-order valence-corrected chi connectivity index (χ0v) is 19.3. The number of carbonyl (C=O) groups excluding carboxylic acids is 2. The molecule has 3 aromatic rings. The van der Waals surface area contributed by atoms with Crippen molar-refractivity contribution in [3.8, 4) is 0 Å².